The zero-order valence-corrected chi connectivity index (χ0v) is 12.8. The van der Waals surface area contributed by atoms with Crippen LogP contribution in [-0.4, -0.2) is 38.7 Å². The Hall–Kier alpha value is -2.28. The third kappa shape index (κ3) is 3.14. The molecule has 2 aromatic heterocycles. The summed E-state index contributed by atoms with van der Waals surface area (Å²) in [7, 11) is 0. The molecule has 2 aromatic rings. The fraction of sp³-hybridized carbons (Fsp3) is 0.467. The Balaban J connectivity index is 1.72. The van der Waals surface area contributed by atoms with Crippen LogP contribution in [0, 0.1) is 12.3 Å². The highest BCUT2D eigenvalue weighted by molar-refractivity contribution is 5.96. The van der Waals surface area contributed by atoms with Crippen molar-refractivity contribution in [1.82, 2.24) is 19.7 Å². The highest BCUT2D eigenvalue weighted by Gasteiger charge is 2.16. The Morgan fingerprint density at radius 2 is 2.14 bits per heavy atom. The van der Waals surface area contributed by atoms with Crippen LogP contribution < -0.4 is 5.32 Å². The number of ether oxygens (including phenoxy) is 1. The van der Waals surface area contributed by atoms with Crippen LogP contribution >= 0.6 is 0 Å². The number of nitrogens with one attached hydrogen (secondary N) is 2. The Bertz CT molecular complexity index is 674. The third-order valence-corrected chi connectivity index (χ3v) is 3.81. The number of rotatable bonds is 4. The first-order valence-corrected chi connectivity index (χ1v) is 7.41. The zero-order valence-electron chi connectivity index (χ0n) is 12.8. The van der Waals surface area contributed by atoms with Crippen molar-refractivity contribution in [1.29, 1.82) is 5.41 Å². The zero-order chi connectivity index (χ0) is 15.5. The molecule has 1 aliphatic rings. The lowest BCUT2D eigenvalue weighted by Gasteiger charge is -2.22. The Morgan fingerprint density at radius 1 is 1.36 bits per heavy atom. The van der Waals surface area contributed by atoms with Gasteiger partial charge in [0.2, 0.25) is 5.95 Å². The molecule has 0 spiro atoms. The topological polar surface area (TPSA) is 88.7 Å². The van der Waals surface area contributed by atoms with Gasteiger partial charge < -0.3 is 15.5 Å². The average Bonchev–Trinajstić information content (AvgIpc) is 2.96. The smallest absolute Gasteiger partial charge is 0.227 e. The van der Waals surface area contributed by atoms with Gasteiger partial charge in [-0.3, -0.25) is 4.68 Å². The molecule has 0 bridgehead atoms. The van der Waals surface area contributed by atoms with Crippen molar-refractivity contribution in [3.05, 3.63) is 29.8 Å². The predicted molar refractivity (Wildman–Crippen MR) is 83.9 cm³/mol. The van der Waals surface area contributed by atoms with Gasteiger partial charge in [0.25, 0.3) is 0 Å². The first kappa shape index (κ1) is 14.6. The molecule has 116 valence electrons. The van der Waals surface area contributed by atoms with Gasteiger partial charge in [0.15, 0.2) is 0 Å². The molecule has 2 N–H and O–H groups in total. The summed E-state index contributed by atoms with van der Waals surface area (Å²) in [6.45, 7) is 5.20. The first-order chi connectivity index (χ1) is 10.6. The number of hydrogen-bond acceptors (Lipinski definition) is 6. The summed E-state index contributed by atoms with van der Waals surface area (Å²) >= 11 is 0. The molecule has 0 unspecified atom stereocenters. The molecule has 3 heterocycles. The van der Waals surface area contributed by atoms with Crippen molar-refractivity contribution in [2.75, 3.05) is 18.5 Å². The maximum absolute atomic E-state index is 7.66. The summed E-state index contributed by atoms with van der Waals surface area (Å²) in [6.07, 6.45) is 7.42. The van der Waals surface area contributed by atoms with Crippen LogP contribution in [0.5, 0.6) is 0 Å². The van der Waals surface area contributed by atoms with Crippen LogP contribution in [0.2, 0.25) is 0 Å². The molecule has 22 heavy (non-hydrogen) atoms. The summed E-state index contributed by atoms with van der Waals surface area (Å²) in [6, 6.07) is 0.398. The van der Waals surface area contributed by atoms with Gasteiger partial charge in [0.05, 0.1) is 23.6 Å². The van der Waals surface area contributed by atoms with E-state index in [1.54, 1.807) is 19.3 Å². The molecule has 1 fully saturated rings. The van der Waals surface area contributed by atoms with Gasteiger partial charge in [-0.25, -0.2) is 9.97 Å². The minimum absolute atomic E-state index is 0.398. The van der Waals surface area contributed by atoms with E-state index in [0.29, 0.717) is 17.7 Å². The molecule has 0 radical (unpaired) electrons. The number of aromatic nitrogens is 4. The van der Waals surface area contributed by atoms with Gasteiger partial charge in [-0.1, -0.05) is 0 Å². The molecular formula is C15H20N6O. The summed E-state index contributed by atoms with van der Waals surface area (Å²) in [4.78, 5) is 8.65. The van der Waals surface area contributed by atoms with Crippen LogP contribution in [0.1, 0.15) is 37.1 Å². The molecule has 0 amide bonds. The van der Waals surface area contributed by atoms with Gasteiger partial charge >= 0.3 is 0 Å². The van der Waals surface area contributed by atoms with Crippen LogP contribution in [0.25, 0.3) is 0 Å². The summed E-state index contributed by atoms with van der Waals surface area (Å²) in [5, 5.41) is 15.2. The van der Waals surface area contributed by atoms with E-state index in [1.165, 1.54) is 0 Å². The minimum Gasteiger partial charge on any atom is -0.381 e. The normalized spacial score (nSPS) is 15.7. The highest BCUT2D eigenvalue weighted by atomic mass is 16.5. The standard InChI is InChI=1S/C15H20N6O/c1-10(16)14-8-17-15(19-11(14)2)20-12-7-18-21(9-12)13-3-5-22-6-4-13/h7-9,13,16H,3-6H2,1-2H3,(H,17,19,20). The lowest BCUT2D eigenvalue weighted by molar-refractivity contribution is 0.0662. The van der Waals surface area contributed by atoms with Crippen molar-refractivity contribution in [3.8, 4) is 0 Å². The van der Waals surface area contributed by atoms with Gasteiger partial charge in [0.1, 0.15) is 0 Å². The van der Waals surface area contributed by atoms with E-state index in [-0.39, 0.29) is 0 Å². The second-order valence-electron chi connectivity index (χ2n) is 5.50. The van der Waals surface area contributed by atoms with Crippen molar-refractivity contribution in [2.45, 2.75) is 32.7 Å². The van der Waals surface area contributed by atoms with Crippen molar-refractivity contribution < 1.29 is 4.74 Å². The van der Waals surface area contributed by atoms with Gasteiger partial charge in [-0.05, 0) is 26.7 Å². The quantitative estimate of drug-likeness (QED) is 0.847. The van der Waals surface area contributed by atoms with E-state index in [0.717, 1.165) is 43.0 Å². The lowest BCUT2D eigenvalue weighted by Crippen LogP contribution is -2.19. The van der Waals surface area contributed by atoms with E-state index in [9.17, 15) is 0 Å². The maximum atomic E-state index is 7.66. The predicted octanol–water partition coefficient (Wildman–Crippen LogP) is 2.46. The SMILES string of the molecule is CC(=N)c1cnc(Nc2cnn(C3CCOCC3)c2)nc1C. The monoisotopic (exact) mass is 300 g/mol. The van der Waals surface area contributed by atoms with Crippen molar-refractivity contribution in [3.63, 3.8) is 0 Å². The molecule has 1 saturated heterocycles. The van der Waals surface area contributed by atoms with Crippen LogP contribution in [0.3, 0.4) is 0 Å². The van der Waals surface area contributed by atoms with Crippen molar-refractivity contribution >= 4 is 17.3 Å². The molecule has 0 saturated carbocycles. The van der Waals surface area contributed by atoms with E-state index in [2.05, 4.69) is 20.4 Å². The summed E-state index contributed by atoms with van der Waals surface area (Å²) < 4.78 is 7.35. The number of hydrogen-bond donors (Lipinski definition) is 2. The molecule has 0 aromatic carbocycles. The Labute approximate surface area is 129 Å². The summed E-state index contributed by atoms with van der Waals surface area (Å²) in [5.74, 6) is 0.522. The van der Waals surface area contributed by atoms with Crippen LogP contribution in [0.4, 0.5) is 11.6 Å². The molecule has 0 aliphatic carbocycles. The van der Waals surface area contributed by atoms with Crippen molar-refractivity contribution in [2.24, 2.45) is 0 Å². The number of anilines is 2. The lowest BCUT2D eigenvalue weighted by atomic mass is 10.1. The Morgan fingerprint density at radius 3 is 2.82 bits per heavy atom. The number of nitrogens with zero attached hydrogens (tertiary/aromatic N) is 4. The highest BCUT2D eigenvalue weighted by Crippen LogP contribution is 2.22. The molecule has 0 atom stereocenters. The second-order valence-corrected chi connectivity index (χ2v) is 5.50. The van der Waals surface area contributed by atoms with Crippen LogP contribution in [-0.2, 0) is 4.74 Å². The molecule has 3 rings (SSSR count). The fourth-order valence-corrected chi connectivity index (χ4v) is 2.58. The average molecular weight is 300 g/mol. The van der Waals surface area contributed by atoms with E-state index < -0.39 is 0 Å². The van der Waals surface area contributed by atoms with E-state index >= 15 is 0 Å². The molecule has 7 nitrogen and oxygen atoms in total. The fourth-order valence-electron chi connectivity index (χ4n) is 2.58. The largest absolute Gasteiger partial charge is 0.381 e. The molecular weight excluding hydrogens is 280 g/mol. The Kier molecular flexibility index (Phi) is 4.15. The van der Waals surface area contributed by atoms with Crippen LogP contribution in [0.15, 0.2) is 18.6 Å². The van der Waals surface area contributed by atoms with E-state index in [1.807, 2.05) is 17.8 Å². The number of aryl methyl sites for hydroxylation is 1. The maximum Gasteiger partial charge on any atom is 0.227 e. The van der Waals surface area contributed by atoms with E-state index in [4.69, 9.17) is 10.1 Å². The first-order valence-electron chi connectivity index (χ1n) is 7.41. The minimum atomic E-state index is 0.398. The second kappa shape index (κ2) is 6.23. The van der Waals surface area contributed by atoms with Gasteiger partial charge in [-0.15, -0.1) is 0 Å². The molecule has 1 aliphatic heterocycles. The van der Waals surface area contributed by atoms with Gasteiger partial charge in [0, 0.05) is 36.9 Å². The third-order valence-electron chi connectivity index (χ3n) is 3.81. The summed E-state index contributed by atoms with van der Waals surface area (Å²) in [5.41, 5.74) is 2.90. The molecule has 7 heteroatoms. The van der Waals surface area contributed by atoms with Gasteiger partial charge in [-0.2, -0.15) is 5.10 Å².